The molecule has 1 nitrogen and oxygen atoms in total. The number of Topliss-reactive ketones (excluding diaryl/α,β-unsaturated/α-hetero) is 1. The molecule has 1 aromatic carbocycles. The molecule has 0 aliphatic carbocycles. The molecule has 0 amide bonds. The van der Waals surface area contributed by atoms with Crippen LogP contribution in [0.15, 0.2) is 30.3 Å². The van der Waals surface area contributed by atoms with Crippen molar-refractivity contribution in [2.45, 2.75) is 39.0 Å². The summed E-state index contributed by atoms with van der Waals surface area (Å²) in [6.07, 6.45) is 2.55. The molecule has 0 radical (unpaired) electrons. The van der Waals surface area contributed by atoms with Gasteiger partial charge in [0, 0.05) is 12.3 Å². The summed E-state index contributed by atoms with van der Waals surface area (Å²) in [5.74, 6) is 0.484. The third kappa shape index (κ3) is 2.69. The summed E-state index contributed by atoms with van der Waals surface area (Å²) in [6.45, 7) is 4.13. The lowest BCUT2D eigenvalue weighted by atomic mass is 9.90. The fourth-order valence-electron chi connectivity index (χ4n) is 1.76. The molecule has 0 aliphatic heterocycles. The van der Waals surface area contributed by atoms with Gasteiger partial charge in [-0.25, -0.2) is 0 Å². The van der Waals surface area contributed by atoms with Crippen LogP contribution in [-0.2, 0) is 4.79 Å². The predicted octanol–water partition coefficient (Wildman–Crippen LogP) is 3.55. The van der Waals surface area contributed by atoms with E-state index < -0.39 is 0 Å². The molecule has 76 valence electrons. The van der Waals surface area contributed by atoms with E-state index in [1.807, 2.05) is 30.3 Å². The van der Waals surface area contributed by atoms with Crippen LogP contribution in [0, 0.1) is 0 Å². The molecular weight excluding hydrogens is 172 g/mol. The zero-order valence-electron chi connectivity index (χ0n) is 8.99. The first-order valence-electron chi connectivity index (χ1n) is 5.37. The number of ketones is 1. The van der Waals surface area contributed by atoms with Crippen LogP contribution in [0.4, 0.5) is 0 Å². The second kappa shape index (κ2) is 5.58. The predicted molar refractivity (Wildman–Crippen MR) is 59.4 cm³/mol. The third-order valence-electron chi connectivity index (χ3n) is 2.50. The smallest absolute Gasteiger partial charge is 0.140 e. The van der Waals surface area contributed by atoms with Crippen molar-refractivity contribution in [3.63, 3.8) is 0 Å². The molecule has 1 atom stereocenters. The largest absolute Gasteiger partial charge is 0.299 e. The minimum absolute atomic E-state index is 0.108. The zero-order chi connectivity index (χ0) is 10.4. The number of benzene rings is 1. The van der Waals surface area contributed by atoms with Gasteiger partial charge in [-0.05, 0) is 18.4 Å². The summed E-state index contributed by atoms with van der Waals surface area (Å²) < 4.78 is 0. The standard InChI is InChI=1S/C13H18O/c1-3-8-13(14)12(4-2)11-9-6-5-7-10-11/h5-7,9-10,12H,3-4,8H2,1-2H3. The van der Waals surface area contributed by atoms with E-state index in [0.29, 0.717) is 12.2 Å². The highest BCUT2D eigenvalue weighted by Crippen LogP contribution is 2.21. The van der Waals surface area contributed by atoms with Gasteiger partial charge in [0.05, 0.1) is 0 Å². The first kappa shape index (κ1) is 11.0. The quantitative estimate of drug-likeness (QED) is 0.694. The topological polar surface area (TPSA) is 17.1 Å². The van der Waals surface area contributed by atoms with Crippen LogP contribution < -0.4 is 0 Å². The summed E-state index contributed by atoms with van der Waals surface area (Å²) in [5.41, 5.74) is 1.16. The summed E-state index contributed by atoms with van der Waals surface area (Å²) >= 11 is 0. The number of carbonyl (C=O) groups is 1. The molecule has 0 saturated carbocycles. The Labute approximate surface area is 86.1 Å². The molecule has 0 saturated heterocycles. The van der Waals surface area contributed by atoms with Crippen LogP contribution in [0.5, 0.6) is 0 Å². The Morgan fingerprint density at radius 3 is 2.36 bits per heavy atom. The van der Waals surface area contributed by atoms with Gasteiger partial charge >= 0.3 is 0 Å². The van der Waals surface area contributed by atoms with Gasteiger partial charge in [-0.1, -0.05) is 44.2 Å². The average Bonchev–Trinajstić information content (AvgIpc) is 2.21. The number of hydrogen-bond acceptors (Lipinski definition) is 1. The van der Waals surface area contributed by atoms with E-state index in [1.165, 1.54) is 0 Å². The van der Waals surface area contributed by atoms with Crippen LogP contribution >= 0.6 is 0 Å². The first-order chi connectivity index (χ1) is 6.79. The van der Waals surface area contributed by atoms with Gasteiger partial charge in [0.25, 0.3) is 0 Å². The van der Waals surface area contributed by atoms with E-state index in [1.54, 1.807) is 0 Å². The molecule has 0 spiro atoms. The van der Waals surface area contributed by atoms with Crippen LogP contribution in [0.2, 0.25) is 0 Å². The van der Waals surface area contributed by atoms with E-state index in [4.69, 9.17) is 0 Å². The normalized spacial score (nSPS) is 12.4. The summed E-state index contributed by atoms with van der Waals surface area (Å²) in [6, 6.07) is 10.1. The lowest BCUT2D eigenvalue weighted by Gasteiger charge is -2.13. The Kier molecular flexibility index (Phi) is 4.37. The molecule has 1 unspecified atom stereocenters. The van der Waals surface area contributed by atoms with Crippen molar-refractivity contribution < 1.29 is 4.79 Å². The SMILES string of the molecule is CCCC(=O)C(CC)c1ccccc1. The van der Waals surface area contributed by atoms with Crippen molar-refractivity contribution in [3.8, 4) is 0 Å². The van der Waals surface area contributed by atoms with Crippen LogP contribution in [0.25, 0.3) is 0 Å². The molecule has 1 aromatic rings. The van der Waals surface area contributed by atoms with Crippen LogP contribution in [0.3, 0.4) is 0 Å². The lowest BCUT2D eigenvalue weighted by molar-refractivity contribution is -0.120. The first-order valence-corrected chi connectivity index (χ1v) is 5.37. The summed E-state index contributed by atoms with van der Waals surface area (Å²) in [7, 11) is 0. The summed E-state index contributed by atoms with van der Waals surface area (Å²) in [5, 5.41) is 0. The van der Waals surface area contributed by atoms with E-state index in [-0.39, 0.29) is 5.92 Å². The van der Waals surface area contributed by atoms with Crippen molar-refractivity contribution >= 4 is 5.78 Å². The number of hydrogen-bond donors (Lipinski definition) is 0. The molecule has 0 heterocycles. The summed E-state index contributed by atoms with van der Waals surface area (Å²) in [4.78, 5) is 11.8. The van der Waals surface area contributed by atoms with Crippen molar-refractivity contribution in [1.82, 2.24) is 0 Å². The lowest BCUT2D eigenvalue weighted by Crippen LogP contribution is -2.11. The van der Waals surface area contributed by atoms with Gasteiger partial charge in [-0.3, -0.25) is 4.79 Å². The highest BCUT2D eigenvalue weighted by atomic mass is 16.1. The second-order valence-electron chi connectivity index (χ2n) is 3.59. The highest BCUT2D eigenvalue weighted by molar-refractivity contribution is 5.85. The molecule has 1 rings (SSSR count). The van der Waals surface area contributed by atoms with Crippen molar-refractivity contribution in [1.29, 1.82) is 0 Å². The van der Waals surface area contributed by atoms with E-state index in [0.717, 1.165) is 18.4 Å². The zero-order valence-corrected chi connectivity index (χ0v) is 8.99. The van der Waals surface area contributed by atoms with E-state index >= 15 is 0 Å². The fourth-order valence-corrected chi connectivity index (χ4v) is 1.76. The van der Waals surface area contributed by atoms with E-state index in [9.17, 15) is 4.79 Å². The van der Waals surface area contributed by atoms with Crippen molar-refractivity contribution in [3.05, 3.63) is 35.9 Å². The molecule has 14 heavy (non-hydrogen) atoms. The molecule has 1 heteroatoms. The maximum atomic E-state index is 11.8. The number of carbonyl (C=O) groups excluding carboxylic acids is 1. The Morgan fingerprint density at radius 2 is 1.86 bits per heavy atom. The Balaban J connectivity index is 2.77. The molecule has 0 fully saturated rings. The van der Waals surface area contributed by atoms with Gasteiger partial charge in [-0.2, -0.15) is 0 Å². The Bertz CT molecular complexity index is 277. The third-order valence-corrected chi connectivity index (χ3v) is 2.50. The Hall–Kier alpha value is -1.11. The van der Waals surface area contributed by atoms with Gasteiger partial charge in [0.2, 0.25) is 0 Å². The maximum absolute atomic E-state index is 11.8. The van der Waals surface area contributed by atoms with Gasteiger partial charge in [-0.15, -0.1) is 0 Å². The van der Waals surface area contributed by atoms with E-state index in [2.05, 4.69) is 13.8 Å². The highest BCUT2D eigenvalue weighted by Gasteiger charge is 2.16. The minimum Gasteiger partial charge on any atom is -0.299 e. The minimum atomic E-state index is 0.108. The molecule has 0 bridgehead atoms. The Morgan fingerprint density at radius 1 is 1.21 bits per heavy atom. The monoisotopic (exact) mass is 190 g/mol. The fraction of sp³-hybridized carbons (Fsp3) is 0.462. The molecule has 0 N–H and O–H groups in total. The van der Waals surface area contributed by atoms with Gasteiger partial charge in [0.15, 0.2) is 0 Å². The average molecular weight is 190 g/mol. The number of rotatable bonds is 5. The maximum Gasteiger partial charge on any atom is 0.140 e. The molecular formula is C13H18O. The second-order valence-corrected chi connectivity index (χ2v) is 3.59. The van der Waals surface area contributed by atoms with Crippen LogP contribution in [-0.4, -0.2) is 5.78 Å². The molecule has 0 aliphatic rings. The van der Waals surface area contributed by atoms with Gasteiger partial charge in [0.1, 0.15) is 5.78 Å². The van der Waals surface area contributed by atoms with Crippen LogP contribution in [0.1, 0.15) is 44.6 Å². The van der Waals surface area contributed by atoms with Crippen molar-refractivity contribution in [2.75, 3.05) is 0 Å². The van der Waals surface area contributed by atoms with Gasteiger partial charge < -0.3 is 0 Å². The molecule has 0 aromatic heterocycles. The van der Waals surface area contributed by atoms with Crippen molar-refractivity contribution in [2.24, 2.45) is 0 Å².